The molecule has 3 amide bonds. The Morgan fingerprint density at radius 3 is 2.48 bits per heavy atom. The summed E-state index contributed by atoms with van der Waals surface area (Å²) in [6.45, 7) is 4.22. The number of hydrogen-bond acceptors (Lipinski definition) is 8. The molecule has 1 aliphatic rings. The van der Waals surface area contributed by atoms with E-state index in [9.17, 15) is 19.2 Å². The highest BCUT2D eigenvalue weighted by molar-refractivity contribution is 8.00. The van der Waals surface area contributed by atoms with E-state index in [0.717, 1.165) is 34.6 Å². The van der Waals surface area contributed by atoms with E-state index < -0.39 is 17.8 Å². The van der Waals surface area contributed by atoms with Crippen molar-refractivity contribution in [1.82, 2.24) is 5.32 Å². The molecule has 1 unspecified atom stereocenters. The molecule has 11 heteroatoms. The van der Waals surface area contributed by atoms with Crippen LogP contribution in [-0.2, 0) is 27.2 Å². The molecular weight excluding hydrogens is 647 g/mol. The number of esters is 1. The van der Waals surface area contributed by atoms with E-state index in [0.29, 0.717) is 39.0 Å². The Hall–Kier alpha value is -4.87. The van der Waals surface area contributed by atoms with Crippen molar-refractivity contribution < 1.29 is 28.7 Å². The first-order valence-electron chi connectivity index (χ1n) is 15.6. The zero-order chi connectivity index (χ0) is 34.0. The smallest absolute Gasteiger partial charge is 0.341 e. The minimum absolute atomic E-state index is 0.0527. The summed E-state index contributed by atoms with van der Waals surface area (Å²) < 4.78 is 10.6. The number of benzene rings is 3. The van der Waals surface area contributed by atoms with Crippen molar-refractivity contribution in [3.05, 3.63) is 112 Å². The lowest BCUT2D eigenvalue weighted by Gasteiger charge is -2.18. The van der Waals surface area contributed by atoms with Crippen LogP contribution in [0.25, 0.3) is 6.08 Å². The first-order chi connectivity index (χ1) is 23.2. The SMILES string of the molecule is CCOC(=O)c1c(NC(=O)CSc2cccc(NC(=O)/C(=C\c3ccc(OC)cc3)NC(=O)c3ccccc3)c2)sc2c1CCC(C)C2. The molecule has 248 valence electrons. The lowest BCUT2D eigenvalue weighted by atomic mass is 9.88. The number of fused-ring (bicyclic) bond motifs is 1. The number of nitrogens with one attached hydrogen (secondary N) is 3. The molecule has 0 saturated heterocycles. The second-order valence-electron chi connectivity index (χ2n) is 11.2. The van der Waals surface area contributed by atoms with E-state index >= 15 is 0 Å². The van der Waals surface area contributed by atoms with Crippen LogP contribution >= 0.6 is 23.1 Å². The Kier molecular flexibility index (Phi) is 11.7. The molecule has 0 fully saturated rings. The number of methoxy groups -OCH3 is 1. The van der Waals surface area contributed by atoms with Crippen LogP contribution in [0.5, 0.6) is 5.75 Å². The van der Waals surface area contributed by atoms with Crippen LogP contribution in [0.3, 0.4) is 0 Å². The molecule has 0 spiro atoms. The van der Waals surface area contributed by atoms with Crippen LogP contribution in [-0.4, -0.2) is 43.2 Å². The number of thioether (sulfide) groups is 1. The molecule has 1 atom stereocenters. The van der Waals surface area contributed by atoms with Crippen LogP contribution in [0.1, 0.15) is 57.0 Å². The van der Waals surface area contributed by atoms with E-state index in [2.05, 4.69) is 22.9 Å². The van der Waals surface area contributed by atoms with Crippen LogP contribution in [0.15, 0.2) is 89.5 Å². The summed E-state index contributed by atoms with van der Waals surface area (Å²) in [5.41, 5.74) is 3.11. The fraction of sp³-hybridized carbons (Fsp3) is 0.243. The maximum absolute atomic E-state index is 13.5. The monoisotopic (exact) mass is 683 g/mol. The van der Waals surface area contributed by atoms with E-state index in [1.807, 2.05) is 12.1 Å². The highest BCUT2D eigenvalue weighted by atomic mass is 32.2. The van der Waals surface area contributed by atoms with E-state index in [1.54, 1.807) is 86.8 Å². The highest BCUT2D eigenvalue weighted by Gasteiger charge is 2.29. The molecule has 9 nitrogen and oxygen atoms in total. The largest absolute Gasteiger partial charge is 0.497 e. The molecule has 48 heavy (non-hydrogen) atoms. The van der Waals surface area contributed by atoms with Crippen molar-refractivity contribution in [2.45, 2.75) is 38.0 Å². The van der Waals surface area contributed by atoms with Gasteiger partial charge in [-0.1, -0.05) is 43.3 Å². The van der Waals surface area contributed by atoms with Gasteiger partial charge in [0.15, 0.2) is 0 Å². The zero-order valence-electron chi connectivity index (χ0n) is 27.0. The zero-order valence-corrected chi connectivity index (χ0v) is 28.6. The average Bonchev–Trinajstić information content (AvgIpc) is 3.44. The van der Waals surface area contributed by atoms with Gasteiger partial charge in [0.25, 0.3) is 11.8 Å². The predicted octanol–water partition coefficient (Wildman–Crippen LogP) is 7.20. The second-order valence-corrected chi connectivity index (χ2v) is 13.4. The Morgan fingerprint density at radius 1 is 0.979 bits per heavy atom. The number of rotatable bonds is 12. The minimum atomic E-state index is -0.516. The van der Waals surface area contributed by atoms with Gasteiger partial charge in [-0.15, -0.1) is 23.1 Å². The van der Waals surface area contributed by atoms with Gasteiger partial charge in [0.1, 0.15) is 16.4 Å². The third-order valence-corrected chi connectivity index (χ3v) is 9.83. The molecule has 0 aliphatic heterocycles. The van der Waals surface area contributed by atoms with Crippen LogP contribution in [0.4, 0.5) is 10.7 Å². The Labute approximate surface area is 288 Å². The molecule has 0 saturated carbocycles. The first-order valence-corrected chi connectivity index (χ1v) is 17.4. The molecule has 3 aromatic carbocycles. The molecule has 0 bridgehead atoms. The lowest BCUT2D eigenvalue weighted by Crippen LogP contribution is -2.30. The maximum Gasteiger partial charge on any atom is 0.341 e. The number of anilines is 2. The van der Waals surface area contributed by atoms with Gasteiger partial charge in [0, 0.05) is 21.0 Å². The maximum atomic E-state index is 13.5. The van der Waals surface area contributed by atoms with Gasteiger partial charge in [0.2, 0.25) is 5.91 Å². The molecule has 5 rings (SSSR count). The predicted molar refractivity (Wildman–Crippen MR) is 191 cm³/mol. The fourth-order valence-corrected chi connectivity index (χ4v) is 7.41. The number of amides is 3. The van der Waals surface area contributed by atoms with Crippen molar-refractivity contribution >= 4 is 63.6 Å². The normalized spacial score (nSPS) is 14.0. The highest BCUT2D eigenvalue weighted by Crippen LogP contribution is 2.40. The number of thiophene rings is 1. The van der Waals surface area contributed by atoms with Crippen molar-refractivity contribution in [3.8, 4) is 5.75 Å². The number of ether oxygens (including phenoxy) is 2. The molecule has 4 aromatic rings. The molecular formula is C37H37N3O6S2. The Morgan fingerprint density at radius 2 is 1.75 bits per heavy atom. The summed E-state index contributed by atoms with van der Waals surface area (Å²) in [5, 5.41) is 9.08. The van der Waals surface area contributed by atoms with Gasteiger partial charge >= 0.3 is 5.97 Å². The number of carbonyl (C=O) groups is 4. The summed E-state index contributed by atoms with van der Waals surface area (Å²) in [7, 11) is 1.57. The lowest BCUT2D eigenvalue weighted by molar-refractivity contribution is -0.114. The molecule has 1 aliphatic carbocycles. The summed E-state index contributed by atoms with van der Waals surface area (Å²) in [6.07, 6.45) is 4.25. The van der Waals surface area contributed by atoms with Crippen LogP contribution in [0.2, 0.25) is 0 Å². The van der Waals surface area contributed by atoms with Gasteiger partial charge < -0.3 is 25.4 Å². The van der Waals surface area contributed by atoms with E-state index in [1.165, 1.54) is 23.1 Å². The van der Waals surface area contributed by atoms with Crippen LogP contribution in [0, 0.1) is 5.92 Å². The minimum Gasteiger partial charge on any atom is -0.497 e. The first kappa shape index (κ1) is 34.5. The second kappa shape index (κ2) is 16.3. The van der Waals surface area contributed by atoms with Crippen molar-refractivity contribution in [2.75, 3.05) is 30.1 Å². The standard InChI is InChI=1S/C37H37N3O6S2/c1-4-46-37(44)33-29-18-13-23(2)19-31(29)48-36(33)40-32(41)22-47-28-12-8-11-26(21-28)38-35(43)30(20-24-14-16-27(45-3)17-15-24)39-34(42)25-9-6-5-7-10-25/h5-12,14-17,20-21,23H,4,13,18-19,22H2,1-3H3,(H,38,43)(H,39,42)(H,40,41)/b30-20+. The molecule has 1 aromatic heterocycles. The fourth-order valence-electron chi connectivity index (χ4n) is 5.24. The van der Waals surface area contributed by atoms with Crippen molar-refractivity contribution in [1.29, 1.82) is 0 Å². The number of hydrogen-bond donors (Lipinski definition) is 3. The van der Waals surface area contributed by atoms with Crippen molar-refractivity contribution in [2.24, 2.45) is 5.92 Å². The summed E-state index contributed by atoms with van der Waals surface area (Å²) >= 11 is 2.76. The van der Waals surface area contributed by atoms with Gasteiger partial charge in [-0.3, -0.25) is 14.4 Å². The molecule has 1 heterocycles. The number of carbonyl (C=O) groups excluding carboxylic acids is 4. The molecule has 0 radical (unpaired) electrons. The van der Waals surface area contributed by atoms with Gasteiger partial charge in [-0.25, -0.2) is 4.79 Å². The topological polar surface area (TPSA) is 123 Å². The Bertz CT molecular complexity index is 1820. The van der Waals surface area contributed by atoms with Gasteiger partial charge in [-0.2, -0.15) is 0 Å². The summed E-state index contributed by atoms with van der Waals surface area (Å²) in [4.78, 5) is 54.3. The quantitative estimate of drug-likeness (QED) is 0.0820. The third-order valence-electron chi connectivity index (χ3n) is 7.66. The molecule has 3 N–H and O–H groups in total. The van der Waals surface area contributed by atoms with E-state index in [-0.39, 0.29) is 24.0 Å². The third kappa shape index (κ3) is 8.93. The van der Waals surface area contributed by atoms with Gasteiger partial charge in [-0.05, 0) is 91.8 Å². The Balaban J connectivity index is 1.27. The van der Waals surface area contributed by atoms with Gasteiger partial charge in [0.05, 0.1) is 25.0 Å². The summed E-state index contributed by atoms with van der Waals surface area (Å²) in [5.74, 6) is -0.318. The van der Waals surface area contributed by atoms with Crippen molar-refractivity contribution in [3.63, 3.8) is 0 Å². The van der Waals surface area contributed by atoms with E-state index in [4.69, 9.17) is 9.47 Å². The van der Waals surface area contributed by atoms with Crippen LogP contribution < -0.4 is 20.7 Å². The summed E-state index contributed by atoms with van der Waals surface area (Å²) in [6, 6.07) is 22.8. The average molecular weight is 684 g/mol.